The standard InChI is InChI=1S/C20H24FN5O/c1-24-11-8-22-20(24)19(27)16-6-9-25(10-7-16)13-15-12-23-26(14-15)18-5-3-2-4-17(18)21/h2-5,8,11-12,14,16,19,27H,6-7,9-10,13H2,1H3/t19-/m1/s1. The van der Waals surface area contributed by atoms with Crippen molar-refractivity contribution in [2.75, 3.05) is 13.1 Å². The van der Waals surface area contributed by atoms with E-state index in [-0.39, 0.29) is 11.7 Å². The third kappa shape index (κ3) is 3.79. The van der Waals surface area contributed by atoms with Gasteiger partial charge >= 0.3 is 0 Å². The van der Waals surface area contributed by atoms with Crippen molar-refractivity contribution >= 4 is 0 Å². The summed E-state index contributed by atoms with van der Waals surface area (Å²) in [6.07, 6.45) is 8.59. The van der Waals surface area contributed by atoms with Crippen LogP contribution in [0.25, 0.3) is 5.69 Å². The van der Waals surface area contributed by atoms with Gasteiger partial charge in [-0.3, -0.25) is 4.90 Å². The number of aliphatic hydroxyl groups excluding tert-OH is 1. The third-order valence-electron chi connectivity index (χ3n) is 5.34. The van der Waals surface area contributed by atoms with Crippen LogP contribution in [-0.4, -0.2) is 42.4 Å². The lowest BCUT2D eigenvalue weighted by Crippen LogP contribution is -2.35. The van der Waals surface area contributed by atoms with Crippen molar-refractivity contribution in [1.82, 2.24) is 24.2 Å². The normalized spacial score (nSPS) is 17.3. The van der Waals surface area contributed by atoms with E-state index in [0.717, 1.165) is 43.9 Å². The van der Waals surface area contributed by atoms with Gasteiger partial charge in [0.2, 0.25) is 0 Å². The summed E-state index contributed by atoms with van der Waals surface area (Å²) in [7, 11) is 1.91. The number of hydrogen-bond donors (Lipinski definition) is 1. The van der Waals surface area contributed by atoms with E-state index in [9.17, 15) is 9.50 Å². The quantitative estimate of drug-likeness (QED) is 0.751. The molecule has 2 aromatic heterocycles. The largest absolute Gasteiger partial charge is 0.385 e. The van der Waals surface area contributed by atoms with Gasteiger partial charge in [-0.25, -0.2) is 14.1 Å². The van der Waals surface area contributed by atoms with Crippen LogP contribution in [0.5, 0.6) is 0 Å². The zero-order valence-corrected chi connectivity index (χ0v) is 15.4. The van der Waals surface area contributed by atoms with E-state index in [0.29, 0.717) is 5.69 Å². The number of halogens is 1. The molecule has 1 atom stereocenters. The molecule has 0 unspecified atom stereocenters. The summed E-state index contributed by atoms with van der Waals surface area (Å²) in [6.45, 7) is 2.60. The van der Waals surface area contributed by atoms with E-state index in [1.165, 1.54) is 6.07 Å². The van der Waals surface area contributed by atoms with Crippen LogP contribution in [0, 0.1) is 11.7 Å². The molecule has 3 heterocycles. The number of para-hydroxylation sites is 1. The van der Waals surface area contributed by atoms with Crippen molar-refractivity contribution in [3.05, 3.63) is 66.3 Å². The van der Waals surface area contributed by atoms with Gasteiger partial charge in [-0.1, -0.05) is 12.1 Å². The van der Waals surface area contributed by atoms with Crippen LogP contribution in [0.4, 0.5) is 4.39 Å². The van der Waals surface area contributed by atoms with Crippen LogP contribution < -0.4 is 0 Å². The van der Waals surface area contributed by atoms with Gasteiger partial charge in [0, 0.05) is 37.7 Å². The van der Waals surface area contributed by atoms with Crippen molar-refractivity contribution in [2.45, 2.75) is 25.5 Å². The fraction of sp³-hybridized carbons (Fsp3) is 0.400. The lowest BCUT2D eigenvalue weighted by molar-refractivity contribution is 0.0492. The molecule has 1 aliphatic heterocycles. The van der Waals surface area contributed by atoms with E-state index < -0.39 is 6.10 Å². The Hall–Kier alpha value is -2.51. The van der Waals surface area contributed by atoms with Crippen molar-refractivity contribution in [1.29, 1.82) is 0 Å². The molecule has 142 valence electrons. The smallest absolute Gasteiger partial charge is 0.148 e. The van der Waals surface area contributed by atoms with Gasteiger partial charge in [-0.2, -0.15) is 5.10 Å². The number of aryl methyl sites for hydroxylation is 1. The van der Waals surface area contributed by atoms with Crippen LogP contribution >= 0.6 is 0 Å². The maximum absolute atomic E-state index is 13.9. The third-order valence-corrected chi connectivity index (χ3v) is 5.34. The molecule has 0 saturated carbocycles. The Kier molecular flexibility index (Phi) is 5.05. The number of nitrogens with zero attached hydrogens (tertiary/aromatic N) is 5. The van der Waals surface area contributed by atoms with Gasteiger partial charge in [0.25, 0.3) is 0 Å². The monoisotopic (exact) mass is 369 g/mol. The minimum absolute atomic E-state index is 0.225. The molecule has 1 aliphatic rings. The highest BCUT2D eigenvalue weighted by Gasteiger charge is 2.28. The fourth-order valence-corrected chi connectivity index (χ4v) is 3.77. The number of aromatic nitrogens is 4. The number of imidazole rings is 1. The molecule has 27 heavy (non-hydrogen) atoms. The van der Waals surface area contributed by atoms with Crippen LogP contribution in [0.3, 0.4) is 0 Å². The highest BCUT2D eigenvalue weighted by molar-refractivity contribution is 5.32. The van der Waals surface area contributed by atoms with E-state index in [4.69, 9.17) is 0 Å². The Morgan fingerprint density at radius 3 is 2.74 bits per heavy atom. The second-order valence-corrected chi connectivity index (χ2v) is 7.20. The van der Waals surface area contributed by atoms with Gasteiger partial charge in [-0.05, 0) is 44.0 Å². The first-order chi connectivity index (χ1) is 13.1. The van der Waals surface area contributed by atoms with Crippen LogP contribution in [0.2, 0.25) is 0 Å². The number of piperidine rings is 1. The van der Waals surface area contributed by atoms with Crippen molar-refractivity contribution in [3.8, 4) is 5.69 Å². The first kappa shape index (κ1) is 17.9. The molecule has 7 heteroatoms. The van der Waals surface area contributed by atoms with Crippen molar-refractivity contribution < 1.29 is 9.50 Å². The number of likely N-dealkylation sites (tertiary alicyclic amines) is 1. The summed E-state index contributed by atoms with van der Waals surface area (Å²) in [5, 5.41) is 14.9. The number of aliphatic hydroxyl groups is 1. The van der Waals surface area contributed by atoms with Crippen LogP contribution in [-0.2, 0) is 13.6 Å². The molecule has 3 aromatic rings. The Labute approximate surface area is 157 Å². The molecule has 0 spiro atoms. The molecule has 0 amide bonds. The number of benzene rings is 1. The molecule has 1 fully saturated rings. The number of rotatable bonds is 5. The average molecular weight is 369 g/mol. The van der Waals surface area contributed by atoms with Crippen LogP contribution in [0.1, 0.15) is 30.3 Å². The van der Waals surface area contributed by atoms with Crippen molar-refractivity contribution in [3.63, 3.8) is 0 Å². The lowest BCUT2D eigenvalue weighted by atomic mass is 9.90. The maximum Gasteiger partial charge on any atom is 0.148 e. The van der Waals surface area contributed by atoms with E-state index in [2.05, 4.69) is 15.0 Å². The Morgan fingerprint density at radius 1 is 1.26 bits per heavy atom. The Balaban J connectivity index is 1.35. The molecule has 0 aliphatic carbocycles. The number of hydrogen-bond acceptors (Lipinski definition) is 4. The highest BCUT2D eigenvalue weighted by atomic mass is 19.1. The minimum atomic E-state index is -0.518. The first-order valence-electron chi connectivity index (χ1n) is 9.28. The zero-order valence-electron chi connectivity index (χ0n) is 15.4. The highest BCUT2D eigenvalue weighted by Crippen LogP contribution is 2.30. The molecule has 1 saturated heterocycles. The topological polar surface area (TPSA) is 59.1 Å². The van der Waals surface area contributed by atoms with E-state index in [1.54, 1.807) is 35.3 Å². The molecule has 6 nitrogen and oxygen atoms in total. The van der Waals surface area contributed by atoms with E-state index in [1.807, 2.05) is 24.0 Å². The Morgan fingerprint density at radius 2 is 2.04 bits per heavy atom. The molecule has 0 bridgehead atoms. The molecule has 0 radical (unpaired) electrons. The molecule has 1 N–H and O–H groups in total. The predicted molar refractivity (Wildman–Crippen MR) is 99.7 cm³/mol. The summed E-state index contributed by atoms with van der Waals surface area (Å²) in [6, 6.07) is 6.63. The molecule has 1 aromatic carbocycles. The summed E-state index contributed by atoms with van der Waals surface area (Å²) < 4.78 is 17.4. The Bertz CT molecular complexity index is 897. The van der Waals surface area contributed by atoms with E-state index >= 15 is 0 Å². The fourth-order valence-electron chi connectivity index (χ4n) is 3.77. The second kappa shape index (κ2) is 7.62. The van der Waals surface area contributed by atoms with Gasteiger partial charge in [0.05, 0.1) is 6.20 Å². The summed E-state index contributed by atoms with van der Waals surface area (Å²) in [5.41, 5.74) is 1.52. The lowest BCUT2D eigenvalue weighted by Gasteiger charge is -2.33. The zero-order chi connectivity index (χ0) is 18.8. The maximum atomic E-state index is 13.9. The first-order valence-corrected chi connectivity index (χ1v) is 9.28. The SMILES string of the molecule is Cn1ccnc1[C@H](O)C1CCN(Cc2cnn(-c3ccccc3F)c2)CC1. The summed E-state index contributed by atoms with van der Waals surface area (Å²) >= 11 is 0. The summed E-state index contributed by atoms with van der Waals surface area (Å²) in [5.74, 6) is 0.680. The molecular weight excluding hydrogens is 345 g/mol. The predicted octanol–water partition coefficient (Wildman–Crippen LogP) is 2.69. The van der Waals surface area contributed by atoms with Crippen LogP contribution in [0.15, 0.2) is 49.1 Å². The summed E-state index contributed by atoms with van der Waals surface area (Å²) in [4.78, 5) is 6.63. The van der Waals surface area contributed by atoms with Gasteiger partial charge in [0.1, 0.15) is 23.4 Å². The molecule has 4 rings (SSSR count). The minimum Gasteiger partial charge on any atom is -0.385 e. The average Bonchev–Trinajstić information content (AvgIpc) is 3.31. The second-order valence-electron chi connectivity index (χ2n) is 7.20. The molecular formula is C20H24FN5O. The van der Waals surface area contributed by atoms with Gasteiger partial charge < -0.3 is 9.67 Å². The van der Waals surface area contributed by atoms with Gasteiger partial charge in [-0.15, -0.1) is 0 Å². The van der Waals surface area contributed by atoms with Gasteiger partial charge in [0.15, 0.2) is 0 Å². The van der Waals surface area contributed by atoms with Crippen molar-refractivity contribution in [2.24, 2.45) is 13.0 Å².